The van der Waals surface area contributed by atoms with Crippen molar-refractivity contribution in [3.63, 3.8) is 0 Å². The highest BCUT2D eigenvalue weighted by molar-refractivity contribution is 7.90. The molecule has 2 aromatic rings. The number of hydrogen-bond donors (Lipinski definition) is 1. The molecule has 3 nitrogen and oxygen atoms in total. The molecule has 0 saturated heterocycles. The minimum atomic E-state index is -3.18. The maximum atomic E-state index is 13.7. The Bertz CT molecular complexity index is 769. The van der Waals surface area contributed by atoms with Crippen LogP contribution in [0.1, 0.15) is 23.6 Å². The van der Waals surface area contributed by atoms with Crippen molar-refractivity contribution in [2.24, 2.45) is 0 Å². The lowest BCUT2D eigenvalue weighted by atomic mass is 10.1. The van der Waals surface area contributed by atoms with E-state index in [0.29, 0.717) is 4.90 Å². The Hall–Kier alpha value is -1.88. The summed E-state index contributed by atoms with van der Waals surface area (Å²) in [7, 11) is -3.18. The predicted molar refractivity (Wildman–Crippen MR) is 80.6 cm³/mol. The Labute approximate surface area is 123 Å². The van der Waals surface area contributed by atoms with Crippen LogP contribution >= 0.6 is 0 Å². The zero-order valence-electron chi connectivity index (χ0n) is 11.6. The predicted octanol–water partition coefficient (Wildman–Crippen LogP) is 3.33. The molecule has 21 heavy (non-hydrogen) atoms. The highest BCUT2D eigenvalue weighted by atomic mass is 32.2. The first kappa shape index (κ1) is 14.1. The van der Waals surface area contributed by atoms with Crippen molar-refractivity contribution < 1.29 is 12.8 Å². The van der Waals surface area contributed by atoms with Crippen LogP contribution in [0.2, 0.25) is 0 Å². The van der Waals surface area contributed by atoms with Crippen LogP contribution in [-0.2, 0) is 16.3 Å². The van der Waals surface area contributed by atoms with E-state index in [4.69, 9.17) is 0 Å². The zero-order valence-corrected chi connectivity index (χ0v) is 12.5. The van der Waals surface area contributed by atoms with Gasteiger partial charge in [-0.2, -0.15) is 0 Å². The van der Waals surface area contributed by atoms with Crippen molar-refractivity contribution in [2.45, 2.75) is 23.8 Å². The molecule has 0 aromatic heterocycles. The summed E-state index contributed by atoms with van der Waals surface area (Å²) in [6.07, 6.45) is 2.75. The summed E-state index contributed by atoms with van der Waals surface area (Å²) in [6.45, 7) is 0. The molecule has 1 aliphatic rings. The lowest BCUT2D eigenvalue weighted by Gasteiger charge is -2.16. The second-order valence-corrected chi connectivity index (χ2v) is 7.36. The molecule has 2 aromatic carbocycles. The standard InChI is InChI=1S/C16H16FNO2S/c1-21(19,20)12-7-5-11(6-8-12)18-16-10-9-13-14(16)3-2-4-15(13)17/h2-8,16,18H,9-10H2,1H3. The van der Waals surface area contributed by atoms with Crippen LogP contribution in [0.5, 0.6) is 0 Å². The Morgan fingerprint density at radius 1 is 1.14 bits per heavy atom. The van der Waals surface area contributed by atoms with Gasteiger partial charge in [-0.05, 0) is 54.3 Å². The Morgan fingerprint density at radius 2 is 1.86 bits per heavy atom. The molecular formula is C16H16FNO2S. The average Bonchev–Trinajstić information content (AvgIpc) is 2.83. The number of rotatable bonds is 3. The molecule has 1 N–H and O–H groups in total. The summed E-state index contributed by atoms with van der Waals surface area (Å²) in [4.78, 5) is 0.297. The van der Waals surface area contributed by atoms with E-state index in [1.54, 1.807) is 30.3 Å². The number of sulfone groups is 1. The van der Waals surface area contributed by atoms with Gasteiger partial charge in [-0.3, -0.25) is 0 Å². The minimum Gasteiger partial charge on any atom is -0.378 e. The minimum absolute atomic E-state index is 0.0692. The summed E-state index contributed by atoms with van der Waals surface area (Å²) < 4.78 is 36.5. The van der Waals surface area contributed by atoms with E-state index in [1.165, 1.54) is 12.3 Å². The van der Waals surface area contributed by atoms with Crippen molar-refractivity contribution in [1.29, 1.82) is 0 Å². The van der Waals surface area contributed by atoms with E-state index in [0.717, 1.165) is 29.7 Å². The summed E-state index contributed by atoms with van der Waals surface area (Å²) >= 11 is 0. The summed E-state index contributed by atoms with van der Waals surface area (Å²) in [5.74, 6) is -0.149. The third-order valence-electron chi connectivity index (χ3n) is 3.84. The summed E-state index contributed by atoms with van der Waals surface area (Å²) in [5.41, 5.74) is 2.61. The number of fused-ring (bicyclic) bond motifs is 1. The molecule has 0 amide bonds. The third kappa shape index (κ3) is 2.78. The Kier molecular flexibility index (Phi) is 3.45. The van der Waals surface area contributed by atoms with E-state index in [-0.39, 0.29) is 11.9 Å². The molecule has 0 aliphatic heterocycles. The van der Waals surface area contributed by atoms with Gasteiger partial charge in [0, 0.05) is 11.9 Å². The molecule has 0 fully saturated rings. The largest absolute Gasteiger partial charge is 0.378 e. The van der Waals surface area contributed by atoms with Crippen LogP contribution in [0.4, 0.5) is 10.1 Å². The van der Waals surface area contributed by atoms with Crippen molar-refractivity contribution >= 4 is 15.5 Å². The summed E-state index contributed by atoms with van der Waals surface area (Å²) in [6, 6.07) is 11.9. The fourth-order valence-electron chi connectivity index (χ4n) is 2.76. The van der Waals surface area contributed by atoms with E-state index >= 15 is 0 Å². The molecule has 5 heteroatoms. The van der Waals surface area contributed by atoms with Crippen LogP contribution in [0.15, 0.2) is 47.4 Å². The monoisotopic (exact) mass is 305 g/mol. The lowest BCUT2D eigenvalue weighted by Crippen LogP contribution is -2.07. The third-order valence-corrected chi connectivity index (χ3v) is 4.97. The van der Waals surface area contributed by atoms with Crippen molar-refractivity contribution in [1.82, 2.24) is 0 Å². The van der Waals surface area contributed by atoms with Gasteiger partial charge in [-0.25, -0.2) is 12.8 Å². The first-order valence-electron chi connectivity index (χ1n) is 6.79. The number of anilines is 1. The number of benzene rings is 2. The highest BCUT2D eigenvalue weighted by Crippen LogP contribution is 2.35. The Morgan fingerprint density at radius 3 is 2.52 bits per heavy atom. The highest BCUT2D eigenvalue weighted by Gasteiger charge is 2.24. The van der Waals surface area contributed by atoms with Gasteiger partial charge in [0.1, 0.15) is 5.82 Å². The molecule has 1 atom stereocenters. The number of nitrogens with one attached hydrogen (secondary N) is 1. The van der Waals surface area contributed by atoms with Crippen LogP contribution in [0, 0.1) is 5.82 Å². The van der Waals surface area contributed by atoms with Crippen molar-refractivity contribution in [3.8, 4) is 0 Å². The van der Waals surface area contributed by atoms with Crippen molar-refractivity contribution in [2.75, 3.05) is 11.6 Å². The van der Waals surface area contributed by atoms with Crippen LogP contribution in [0.3, 0.4) is 0 Å². The van der Waals surface area contributed by atoms with Crippen LogP contribution in [-0.4, -0.2) is 14.7 Å². The maximum absolute atomic E-state index is 13.7. The molecular weight excluding hydrogens is 289 g/mol. The fraction of sp³-hybridized carbons (Fsp3) is 0.250. The van der Waals surface area contributed by atoms with Gasteiger partial charge < -0.3 is 5.32 Å². The SMILES string of the molecule is CS(=O)(=O)c1ccc(NC2CCc3c(F)cccc32)cc1. The fourth-order valence-corrected chi connectivity index (χ4v) is 3.39. The van der Waals surface area contributed by atoms with Crippen LogP contribution < -0.4 is 5.32 Å². The van der Waals surface area contributed by atoms with Gasteiger partial charge in [-0.1, -0.05) is 12.1 Å². The van der Waals surface area contributed by atoms with E-state index < -0.39 is 9.84 Å². The number of halogens is 1. The Balaban J connectivity index is 1.82. The molecule has 0 heterocycles. The second-order valence-electron chi connectivity index (χ2n) is 5.34. The zero-order chi connectivity index (χ0) is 15.0. The molecule has 1 unspecified atom stereocenters. The lowest BCUT2D eigenvalue weighted by molar-refractivity contribution is 0.602. The van der Waals surface area contributed by atoms with Gasteiger partial charge in [0.25, 0.3) is 0 Å². The first-order chi connectivity index (χ1) is 9.95. The second kappa shape index (κ2) is 5.15. The molecule has 0 spiro atoms. The van der Waals surface area contributed by atoms with Crippen molar-refractivity contribution in [3.05, 3.63) is 59.4 Å². The van der Waals surface area contributed by atoms with E-state index in [2.05, 4.69) is 5.32 Å². The smallest absolute Gasteiger partial charge is 0.175 e. The van der Waals surface area contributed by atoms with Gasteiger partial charge in [0.15, 0.2) is 9.84 Å². The average molecular weight is 305 g/mol. The molecule has 0 bridgehead atoms. The molecule has 110 valence electrons. The van der Waals surface area contributed by atoms with Gasteiger partial charge in [0.2, 0.25) is 0 Å². The van der Waals surface area contributed by atoms with Gasteiger partial charge in [-0.15, -0.1) is 0 Å². The van der Waals surface area contributed by atoms with E-state index in [9.17, 15) is 12.8 Å². The molecule has 0 radical (unpaired) electrons. The van der Waals surface area contributed by atoms with Crippen LogP contribution in [0.25, 0.3) is 0 Å². The van der Waals surface area contributed by atoms with E-state index in [1.807, 2.05) is 6.07 Å². The molecule has 0 saturated carbocycles. The summed E-state index contributed by atoms with van der Waals surface area (Å²) in [5, 5.41) is 3.34. The molecule has 1 aliphatic carbocycles. The quantitative estimate of drug-likeness (QED) is 0.946. The first-order valence-corrected chi connectivity index (χ1v) is 8.68. The molecule has 3 rings (SSSR count). The topological polar surface area (TPSA) is 46.2 Å². The van der Waals surface area contributed by atoms with Gasteiger partial charge >= 0.3 is 0 Å². The number of hydrogen-bond acceptors (Lipinski definition) is 3. The normalized spacial score (nSPS) is 17.5. The maximum Gasteiger partial charge on any atom is 0.175 e. The van der Waals surface area contributed by atoms with Gasteiger partial charge in [0.05, 0.1) is 10.9 Å².